The van der Waals surface area contributed by atoms with Crippen molar-refractivity contribution in [3.05, 3.63) is 0 Å². The van der Waals surface area contributed by atoms with E-state index in [2.05, 4.69) is 10.6 Å². The van der Waals surface area contributed by atoms with E-state index >= 15 is 0 Å². The van der Waals surface area contributed by atoms with Crippen molar-refractivity contribution < 1.29 is 5.11 Å². The third-order valence-corrected chi connectivity index (χ3v) is 1.01. The first kappa shape index (κ1) is 13.5. The molecule has 44 valence electrons. The molecule has 1 rings (SSSR count). The number of aliphatic hydroxyl groups excluding tert-OH is 1. The van der Waals surface area contributed by atoms with Gasteiger partial charge in [-0.1, -0.05) is 0 Å². The van der Waals surface area contributed by atoms with E-state index < -0.39 is 0 Å². The molecule has 0 aromatic heterocycles. The van der Waals surface area contributed by atoms with Gasteiger partial charge in [0.25, 0.3) is 0 Å². The minimum atomic E-state index is -0.186. The summed E-state index contributed by atoms with van der Waals surface area (Å²) in [6.45, 7) is 2.29. The van der Waals surface area contributed by atoms with Crippen LogP contribution >= 0.6 is 0 Å². The van der Waals surface area contributed by atoms with Gasteiger partial charge in [0.2, 0.25) is 0 Å². The maximum Gasteiger partial charge on any atom is 0.0789 e. The van der Waals surface area contributed by atoms with Crippen LogP contribution in [0.5, 0.6) is 0 Å². The van der Waals surface area contributed by atoms with Crippen LogP contribution in [-0.2, 0) is 0 Å². The van der Waals surface area contributed by atoms with Gasteiger partial charge in [-0.2, -0.15) is 0 Å². The van der Waals surface area contributed by atoms with E-state index in [-0.39, 0.29) is 65.2 Å². The largest absolute Gasteiger partial charge is 0.390 e. The Balaban J connectivity index is 0. The van der Waals surface area contributed by atoms with Gasteiger partial charge in [-0.15, -0.1) is 0 Å². The molecule has 1 fully saturated rings. The Morgan fingerprint density at radius 2 is 1.56 bits per heavy atom. The molecule has 1 aliphatic rings. The van der Waals surface area contributed by atoms with Crippen LogP contribution in [0.15, 0.2) is 0 Å². The minimum absolute atomic E-state index is 0. The maximum atomic E-state index is 8.78. The molecule has 0 aliphatic carbocycles. The summed E-state index contributed by atoms with van der Waals surface area (Å²) in [5, 5.41) is 14.7. The van der Waals surface area contributed by atoms with Crippen molar-refractivity contribution in [2.45, 2.75) is 6.10 Å². The van der Waals surface area contributed by atoms with Crippen molar-refractivity contribution >= 4 is 59.1 Å². The molecule has 0 atom stereocenters. The molecule has 1 aliphatic heterocycles. The zero-order chi connectivity index (χ0) is 5.11. The summed E-state index contributed by atoms with van der Waals surface area (Å²) in [6, 6.07) is 0. The summed E-state index contributed by atoms with van der Waals surface area (Å²) < 4.78 is 0. The number of hydrogen-bond acceptors (Lipinski definition) is 3. The van der Waals surface area contributed by atoms with Gasteiger partial charge in [-0.3, -0.25) is 0 Å². The molecular weight excluding hydrogens is 138 g/mol. The Kier molecular flexibility index (Phi) is 11.9. The summed E-state index contributed by atoms with van der Waals surface area (Å²) in [5.74, 6) is 0. The Labute approximate surface area is 99.5 Å². The summed E-state index contributed by atoms with van der Waals surface area (Å²) in [6.07, 6.45) is -0.186. The molecule has 0 spiro atoms. The molecule has 9 heavy (non-hydrogen) atoms. The average Bonchev–Trinajstić information content (AvgIpc) is 1.69. The van der Waals surface area contributed by atoms with Crippen molar-refractivity contribution in [2.24, 2.45) is 0 Å². The molecule has 5 heteroatoms. The van der Waals surface area contributed by atoms with Crippen LogP contribution in [0.4, 0.5) is 0 Å². The fourth-order valence-corrected chi connectivity index (χ4v) is 0.638. The number of aliphatic hydroxyl groups is 1. The summed E-state index contributed by atoms with van der Waals surface area (Å²) in [4.78, 5) is 0. The van der Waals surface area contributed by atoms with E-state index in [4.69, 9.17) is 5.11 Å². The standard InChI is InChI=1S/C4H10N2O.2Na/c7-4-1-5-3-6-2-4;;/h4-7H,1-3H2;;. The number of β-amino-alcohol motifs (C(OH)–C–C–N with tert-alkyl or cyclic N) is 1. The van der Waals surface area contributed by atoms with Crippen molar-refractivity contribution in [1.82, 2.24) is 10.6 Å². The first-order chi connectivity index (χ1) is 3.39. The molecule has 0 aromatic rings. The molecule has 0 bridgehead atoms. The number of nitrogens with one attached hydrogen (secondary N) is 2. The molecule has 3 nitrogen and oxygen atoms in total. The Bertz CT molecular complexity index is 58.5. The predicted octanol–water partition coefficient (Wildman–Crippen LogP) is -2.26. The van der Waals surface area contributed by atoms with E-state index in [0.717, 1.165) is 19.8 Å². The van der Waals surface area contributed by atoms with Gasteiger partial charge in [-0.05, 0) is 0 Å². The van der Waals surface area contributed by atoms with Gasteiger partial charge in [0.1, 0.15) is 0 Å². The van der Waals surface area contributed by atoms with E-state index in [1.54, 1.807) is 0 Å². The molecule has 1 heterocycles. The fourth-order valence-electron chi connectivity index (χ4n) is 0.638. The number of rotatable bonds is 0. The molecule has 0 saturated carbocycles. The zero-order valence-corrected chi connectivity index (χ0v) is 10.1. The quantitative estimate of drug-likeness (QED) is 0.340. The summed E-state index contributed by atoms with van der Waals surface area (Å²) in [5.41, 5.74) is 0. The number of hydrogen-bond donors (Lipinski definition) is 3. The molecule has 1 saturated heterocycles. The summed E-state index contributed by atoms with van der Waals surface area (Å²) >= 11 is 0. The van der Waals surface area contributed by atoms with Crippen molar-refractivity contribution in [3.63, 3.8) is 0 Å². The second-order valence-corrected chi connectivity index (χ2v) is 1.74. The molecule has 0 aromatic carbocycles. The van der Waals surface area contributed by atoms with Gasteiger partial charge in [0.15, 0.2) is 0 Å². The van der Waals surface area contributed by atoms with Crippen LogP contribution in [0.1, 0.15) is 0 Å². The Morgan fingerprint density at radius 1 is 1.11 bits per heavy atom. The van der Waals surface area contributed by atoms with Crippen molar-refractivity contribution in [3.8, 4) is 0 Å². The molecule has 2 radical (unpaired) electrons. The molecule has 3 N–H and O–H groups in total. The van der Waals surface area contributed by atoms with E-state index in [1.165, 1.54) is 0 Å². The zero-order valence-electron chi connectivity index (χ0n) is 6.15. The maximum absolute atomic E-state index is 8.78. The Morgan fingerprint density at radius 3 is 1.78 bits per heavy atom. The predicted molar refractivity (Wildman–Crippen MR) is 38.4 cm³/mol. The normalized spacial score (nSPS) is 19.7. The van der Waals surface area contributed by atoms with E-state index in [1.807, 2.05) is 0 Å². The van der Waals surface area contributed by atoms with Crippen LogP contribution in [0.3, 0.4) is 0 Å². The SMILES string of the molecule is OC1CNCNC1.[Na].[Na]. The van der Waals surface area contributed by atoms with Crippen LogP contribution in [0, 0.1) is 0 Å². The van der Waals surface area contributed by atoms with Gasteiger partial charge in [0, 0.05) is 78.9 Å². The van der Waals surface area contributed by atoms with Crippen LogP contribution < -0.4 is 10.6 Å². The van der Waals surface area contributed by atoms with Crippen LogP contribution in [0.25, 0.3) is 0 Å². The second-order valence-electron chi connectivity index (χ2n) is 1.74. The molecule has 0 amide bonds. The third kappa shape index (κ3) is 6.28. The smallest absolute Gasteiger partial charge is 0.0789 e. The van der Waals surface area contributed by atoms with Crippen LogP contribution in [-0.4, -0.2) is 90.1 Å². The monoisotopic (exact) mass is 148 g/mol. The van der Waals surface area contributed by atoms with Gasteiger partial charge >= 0.3 is 0 Å². The first-order valence-electron chi connectivity index (χ1n) is 2.49. The van der Waals surface area contributed by atoms with Crippen molar-refractivity contribution in [2.75, 3.05) is 19.8 Å². The van der Waals surface area contributed by atoms with Crippen LogP contribution in [0.2, 0.25) is 0 Å². The van der Waals surface area contributed by atoms with Gasteiger partial charge < -0.3 is 15.7 Å². The second kappa shape index (κ2) is 7.98. The average molecular weight is 148 g/mol. The Hall–Kier alpha value is 1.88. The van der Waals surface area contributed by atoms with E-state index in [9.17, 15) is 0 Å². The van der Waals surface area contributed by atoms with Gasteiger partial charge in [-0.25, -0.2) is 0 Å². The third-order valence-electron chi connectivity index (χ3n) is 1.01. The fraction of sp³-hybridized carbons (Fsp3) is 1.00. The van der Waals surface area contributed by atoms with Crippen molar-refractivity contribution in [1.29, 1.82) is 0 Å². The summed E-state index contributed by atoms with van der Waals surface area (Å²) in [7, 11) is 0. The van der Waals surface area contributed by atoms with Gasteiger partial charge in [0.05, 0.1) is 6.10 Å². The topological polar surface area (TPSA) is 44.3 Å². The molecular formula is C4H10N2Na2O. The molecule has 0 unspecified atom stereocenters. The minimum Gasteiger partial charge on any atom is -0.390 e. The van der Waals surface area contributed by atoms with E-state index in [0.29, 0.717) is 0 Å². The first-order valence-corrected chi connectivity index (χ1v) is 2.49.